The average Bonchev–Trinajstić information content (AvgIpc) is 2.18. The smallest absolute Gasteiger partial charge is 0.224 e. The summed E-state index contributed by atoms with van der Waals surface area (Å²) in [5.74, 6) is 0.0835. The highest BCUT2D eigenvalue weighted by Crippen LogP contribution is 2.16. The van der Waals surface area contributed by atoms with Crippen LogP contribution < -0.4 is 0 Å². The van der Waals surface area contributed by atoms with Gasteiger partial charge in [-0.1, -0.05) is 6.08 Å². The number of nitrogens with zero attached hydrogens (tertiary/aromatic N) is 1. The summed E-state index contributed by atoms with van der Waals surface area (Å²) in [6.45, 7) is 0. The van der Waals surface area contributed by atoms with E-state index in [-0.39, 0.29) is 18.3 Å². The molecular formula is C10H17NO3. The average molecular weight is 199 g/mol. The summed E-state index contributed by atoms with van der Waals surface area (Å²) in [6, 6.07) is 0. The van der Waals surface area contributed by atoms with Crippen LogP contribution in [0.4, 0.5) is 0 Å². The van der Waals surface area contributed by atoms with Gasteiger partial charge in [-0.15, -0.1) is 0 Å². The molecule has 14 heavy (non-hydrogen) atoms. The molecule has 1 unspecified atom stereocenters. The Morgan fingerprint density at radius 2 is 2.36 bits per heavy atom. The lowest BCUT2D eigenvalue weighted by molar-refractivity contribution is -0.148. The molecule has 0 fully saturated rings. The van der Waals surface area contributed by atoms with E-state index in [1.165, 1.54) is 0 Å². The highest BCUT2D eigenvalue weighted by molar-refractivity contribution is 5.76. The zero-order chi connectivity index (χ0) is 10.6. The molecule has 0 radical (unpaired) electrons. The van der Waals surface area contributed by atoms with E-state index in [9.17, 15) is 4.79 Å². The number of rotatable bonds is 3. The highest BCUT2D eigenvalue weighted by Gasteiger charge is 2.20. The predicted molar refractivity (Wildman–Crippen MR) is 52.7 cm³/mol. The van der Waals surface area contributed by atoms with Crippen molar-refractivity contribution in [3.8, 4) is 0 Å². The molecular weight excluding hydrogens is 182 g/mol. The lowest BCUT2D eigenvalue weighted by Crippen LogP contribution is -2.31. The van der Waals surface area contributed by atoms with Crippen molar-refractivity contribution >= 4 is 5.91 Å². The fraction of sp³-hybridized carbons (Fsp3) is 0.700. The minimum atomic E-state index is -0.302. The fourth-order valence-electron chi connectivity index (χ4n) is 1.27. The normalized spacial score (nSPS) is 26.2. The van der Waals surface area contributed by atoms with Crippen LogP contribution in [0.15, 0.2) is 12.2 Å². The maximum absolute atomic E-state index is 11.4. The summed E-state index contributed by atoms with van der Waals surface area (Å²) in [4.78, 5) is 13.0. The van der Waals surface area contributed by atoms with Crippen molar-refractivity contribution in [1.82, 2.24) is 4.90 Å². The fourth-order valence-corrected chi connectivity index (χ4v) is 1.27. The monoisotopic (exact) mass is 199 g/mol. The number of amides is 1. The van der Waals surface area contributed by atoms with Crippen molar-refractivity contribution in [2.24, 2.45) is 0 Å². The van der Waals surface area contributed by atoms with Gasteiger partial charge in [0.05, 0.1) is 12.5 Å². The summed E-state index contributed by atoms with van der Waals surface area (Å²) in [7, 11) is 5.08. The lowest BCUT2D eigenvalue weighted by atomic mass is 10.1. The molecule has 1 heterocycles. The van der Waals surface area contributed by atoms with E-state index in [2.05, 4.69) is 0 Å². The van der Waals surface area contributed by atoms with Crippen LogP contribution in [-0.2, 0) is 14.3 Å². The van der Waals surface area contributed by atoms with Crippen molar-refractivity contribution < 1.29 is 14.3 Å². The Balaban J connectivity index is 2.40. The Bertz CT molecular complexity index is 225. The van der Waals surface area contributed by atoms with Crippen molar-refractivity contribution in [1.29, 1.82) is 0 Å². The van der Waals surface area contributed by atoms with Gasteiger partial charge in [-0.05, 0) is 12.5 Å². The van der Waals surface area contributed by atoms with Crippen LogP contribution in [0.1, 0.15) is 12.8 Å². The van der Waals surface area contributed by atoms with Gasteiger partial charge in [-0.25, -0.2) is 0 Å². The molecule has 0 aliphatic carbocycles. The zero-order valence-corrected chi connectivity index (χ0v) is 8.90. The Hall–Kier alpha value is -0.870. The Kier molecular flexibility index (Phi) is 4.10. The first-order chi connectivity index (χ1) is 6.63. The molecule has 0 spiro atoms. The molecule has 1 aliphatic rings. The maximum Gasteiger partial charge on any atom is 0.224 e. The first kappa shape index (κ1) is 11.2. The standard InChI is InChI=1S/C10H17NO3/c1-11(2)9(12)7-8-5-4-6-10(13-3)14-8/h4,6,8,10H,5,7H2,1-3H3/t8?,10-/m0/s1. The first-order valence-corrected chi connectivity index (χ1v) is 4.68. The molecule has 4 nitrogen and oxygen atoms in total. The van der Waals surface area contributed by atoms with Gasteiger partial charge in [-0.3, -0.25) is 4.79 Å². The SMILES string of the molecule is CO[C@@H]1C=CCC(CC(=O)N(C)C)O1. The molecule has 1 amide bonds. The third-order valence-corrected chi connectivity index (χ3v) is 2.15. The van der Waals surface area contributed by atoms with Gasteiger partial charge in [-0.2, -0.15) is 0 Å². The quantitative estimate of drug-likeness (QED) is 0.630. The molecule has 2 atom stereocenters. The van der Waals surface area contributed by atoms with E-state index >= 15 is 0 Å². The van der Waals surface area contributed by atoms with Gasteiger partial charge in [0.15, 0.2) is 6.29 Å². The second-order valence-electron chi connectivity index (χ2n) is 3.52. The maximum atomic E-state index is 11.4. The summed E-state index contributed by atoms with van der Waals surface area (Å²) >= 11 is 0. The van der Waals surface area contributed by atoms with Gasteiger partial charge < -0.3 is 14.4 Å². The number of carbonyl (C=O) groups is 1. The van der Waals surface area contributed by atoms with Crippen molar-refractivity contribution in [2.45, 2.75) is 25.2 Å². The van der Waals surface area contributed by atoms with Crippen LogP contribution in [0.25, 0.3) is 0 Å². The van der Waals surface area contributed by atoms with E-state index in [1.54, 1.807) is 26.1 Å². The molecule has 1 rings (SSSR count). The third kappa shape index (κ3) is 3.12. The van der Waals surface area contributed by atoms with E-state index in [1.807, 2.05) is 12.2 Å². The van der Waals surface area contributed by atoms with Gasteiger partial charge >= 0.3 is 0 Å². The predicted octanol–water partition coefficient (Wildman–Crippen LogP) is 0.782. The zero-order valence-electron chi connectivity index (χ0n) is 8.90. The summed E-state index contributed by atoms with van der Waals surface area (Å²) in [5, 5.41) is 0. The second-order valence-corrected chi connectivity index (χ2v) is 3.52. The molecule has 0 aromatic heterocycles. The topological polar surface area (TPSA) is 38.8 Å². The molecule has 0 saturated carbocycles. The summed E-state index contributed by atoms with van der Waals surface area (Å²) in [5.41, 5.74) is 0. The minimum Gasteiger partial charge on any atom is -0.352 e. The number of hydrogen-bond donors (Lipinski definition) is 0. The van der Waals surface area contributed by atoms with Crippen LogP contribution >= 0.6 is 0 Å². The van der Waals surface area contributed by atoms with E-state index in [4.69, 9.17) is 9.47 Å². The van der Waals surface area contributed by atoms with Crippen LogP contribution in [0.5, 0.6) is 0 Å². The largest absolute Gasteiger partial charge is 0.352 e. The van der Waals surface area contributed by atoms with Gasteiger partial charge in [0.1, 0.15) is 0 Å². The molecule has 0 bridgehead atoms. The molecule has 0 saturated heterocycles. The Labute approximate surface area is 84.5 Å². The molecule has 0 aromatic carbocycles. The van der Waals surface area contributed by atoms with Gasteiger partial charge in [0.2, 0.25) is 5.91 Å². The summed E-state index contributed by atoms with van der Waals surface area (Å²) in [6.07, 6.45) is 4.68. The third-order valence-electron chi connectivity index (χ3n) is 2.15. The Morgan fingerprint density at radius 1 is 1.64 bits per heavy atom. The summed E-state index contributed by atoms with van der Waals surface area (Å²) < 4.78 is 10.5. The second kappa shape index (κ2) is 5.12. The minimum absolute atomic E-state index is 0.0557. The van der Waals surface area contributed by atoms with Gasteiger partial charge in [0, 0.05) is 21.2 Å². The van der Waals surface area contributed by atoms with E-state index in [0.717, 1.165) is 6.42 Å². The molecule has 80 valence electrons. The highest BCUT2D eigenvalue weighted by atomic mass is 16.7. The number of ether oxygens (including phenoxy) is 2. The van der Waals surface area contributed by atoms with Crippen LogP contribution in [0.2, 0.25) is 0 Å². The molecule has 0 aromatic rings. The molecule has 4 heteroatoms. The molecule has 1 aliphatic heterocycles. The van der Waals surface area contributed by atoms with E-state index in [0.29, 0.717) is 6.42 Å². The number of hydrogen-bond acceptors (Lipinski definition) is 3. The van der Waals surface area contributed by atoms with Crippen LogP contribution in [0, 0.1) is 0 Å². The van der Waals surface area contributed by atoms with E-state index < -0.39 is 0 Å². The first-order valence-electron chi connectivity index (χ1n) is 4.68. The van der Waals surface area contributed by atoms with Crippen LogP contribution in [0.3, 0.4) is 0 Å². The van der Waals surface area contributed by atoms with Crippen molar-refractivity contribution in [3.05, 3.63) is 12.2 Å². The van der Waals surface area contributed by atoms with Gasteiger partial charge in [0.25, 0.3) is 0 Å². The number of methoxy groups -OCH3 is 1. The molecule has 0 N–H and O–H groups in total. The van der Waals surface area contributed by atoms with Crippen molar-refractivity contribution in [2.75, 3.05) is 21.2 Å². The van der Waals surface area contributed by atoms with Crippen LogP contribution in [-0.4, -0.2) is 44.4 Å². The number of carbonyl (C=O) groups excluding carboxylic acids is 1. The van der Waals surface area contributed by atoms with Crippen molar-refractivity contribution in [3.63, 3.8) is 0 Å². The Morgan fingerprint density at radius 3 is 2.93 bits per heavy atom. The lowest BCUT2D eigenvalue weighted by Gasteiger charge is -2.25.